The Hall–Kier alpha value is -2.15. The molecular weight excluding hydrogens is 280 g/mol. The minimum absolute atomic E-state index is 0.255. The molecule has 104 valence electrons. The minimum atomic E-state index is -0.862. The average Bonchev–Trinajstić information content (AvgIpc) is 3.10. The number of aromatic amines is 1. The molecule has 1 aromatic heterocycles. The fourth-order valence-corrected chi connectivity index (χ4v) is 2.28. The summed E-state index contributed by atoms with van der Waals surface area (Å²) in [6, 6.07) is 4.94. The van der Waals surface area contributed by atoms with Gasteiger partial charge in [-0.25, -0.2) is 4.79 Å². The maximum Gasteiger partial charge on any atom is 0.331 e. The first kappa shape index (κ1) is 12.9. The summed E-state index contributed by atoms with van der Waals surface area (Å²) >= 11 is 4.89. The number of methoxy groups -OCH3 is 1. The predicted molar refractivity (Wildman–Crippen MR) is 72.8 cm³/mol. The summed E-state index contributed by atoms with van der Waals surface area (Å²) in [6.07, 6.45) is 1.19. The molecule has 6 nitrogen and oxygen atoms in total. The Bertz CT molecular complexity index is 757. The number of rotatable bonds is 3. The number of amides is 1. The number of esters is 1. The summed E-state index contributed by atoms with van der Waals surface area (Å²) in [7, 11) is 1.31. The average molecular weight is 292 g/mol. The van der Waals surface area contributed by atoms with Crippen LogP contribution in [0.3, 0.4) is 0 Å². The number of hydrogen-bond donors (Lipinski definition) is 2. The molecule has 3 rings (SSSR count). The van der Waals surface area contributed by atoms with Crippen molar-refractivity contribution in [1.29, 1.82) is 0 Å². The highest BCUT2D eigenvalue weighted by Gasteiger charge is 2.52. The normalized spacial score (nSPS) is 15.8. The standard InChI is InChI=1S/C13H12N2O4S/c1-18-11(17)13(4-5-13)15-10(16)7-2-3-8-9(6-7)19-12(20)14-8/h2-3,6H,4-5H2,1H3,(H,14,20)(H,15,16). The van der Waals surface area contributed by atoms with Crippen LogP contribution in [0.4, 0.5) is 0 Å². The number of carbonyl (C=O) groups excluding carboxylic acids is 2. The van der Waals surface area contributed by atoms with Crippen molar-refractivity contribution in [3.63, 3.8) is 0 Å². The fourth-order valence-electron chi connectivity index (χ4n) is 2.08. The Kier molecular flexibility index (Phi) is 2.86. The summed E-state index contributed by atoms with van der Waals surface area (Å²) in [5, 5.41) is 2.71. The largest absolute Gasteiger partial charge is 0.467 e. The molecule has 7 heteroatoms. The third-order valence-corrected chi connectivity index (χ3v) is 3.55. The van der Waals surface area contributed by atoms with E-state index in [0.717, 1.165) is 5.52 Å². The molecule has 1 heterocycles. The molecule has 20 heavy (non-hydrogen) atoms. The van der Waals surface area contributed by atoms with Gasteiger partial charge in [0.2, 0.25) is 0 Å². The number of aromatic nitrogens is 1. The summed E-state index contributed by atoms with van der Waals surface area (Å²) < 4.78 is 9.96. The van der Waals surface area contributed by atoms with Gasteiger partial charge in [0.15, 0.2) is 5.58 Å². The van der Waals surface area contributed by atoms with Crippen LogP contribution >= 0.6 is 12.2 Å². The Morgan fingerprint density at radius 2 is 2.20 bits per heavy atom. The number of H-pyrrole nitrogens is 1. The molecule has 1 aromatic carbocycles. The van der Waals surface area contributed by atoms with Gasteiger partial charge in [-0.2, -0.15) is 0 Å². The quantitative estimate of drug-likeness (QED) is 0.667. The summed E-state index contributed by atoms with van der Waals surface area (Å²) in [4.78, 5) is 26.9. The molecule has 2 aromatic rings. The van der Waals surface area contributed by atoms with Gasteiger partial charge in [0.05, 0.1) is 12.6 Å². The molecule has 0 atom stereocenters. The second-order valence-corrected chi connectivity index (χ2v) is 5.12. The smallest absolute Gasteiger partial charge is 0.331 e. The molecule has 1 aliphatic carbocycles. The SMILES string of the molecule is COC(=O)C1(NC(=O)c2ccc3[nH]c(=S)oc3c2)CC1. The van der Waals surface area contributed by atoms with E-state index in [2.05, 4.69) is 10.3 Å². The van der Waals surface area contributed by atoms with E-state index in [9.17, 15) is 9.59 Å². The first-order chi connectivity index (χ1) is 9.54. The zero-order chi connectivity index (χ0) is 14.3. The fraction of sp³-hybridized carbons (Fsp3) is 0.308. The molecule has 0 saturated heterocycles. The third kappa shape index (κ3) is 2.09. The van der Waals surface area contributed by atoms with Gasteiger partial charge in [-0.05, 0) is 43.3 Å². The molecule has 1 aliphatic rings. The van der Waals surface area contributed by atoms with Gasteiger partial charge in [-0.15, -0.1) is 0 Å². The van der Waals surface area contributed by atoms with Crippen LogP contribution < -0.4 is 5.32 Å². The molecule has 0 spiro atoms. The predicted octanol–water partition coefficient (Wildman–Crippen LogP) is 1.93. The van der Waals surface area contributed by atoms with Crippen LogP contribution in [0.1, 0.15) is 23.2 Å². The molecule has 1 amide bonds. The lowest BCUT2D eigenvalue weighted by Crippen LogP contribution is -2.43. The van der Waals surface area contributed by atoms with Gasteiger partial charge in [-0.3, -0.25) is 4.79 Å². The second kappa shape index (κ2) is 4.45. The van der Waals surface area contributed by atoms with E-state index in [0.29, 0.717) is 24.0 Å². The van der Waals surface area contributed by atoms with Crippen LogP contribution in [0, 0.1) is 4.84 Å². The Labute approximate surface area is 119 Å². The molecule has 0 aliphatic heterocycles. The lowest BCUT2D eigenvalue weighted by atomic mass is 10.1. The lowest BCUT2D eigenvalue weighted by molar-refractivity contribution is -0.144. The van der Waals surface area contributed by atoms with Gasteiger partial charge in [0, 0.05) is 5.56 Å². The van der Waals surface area contributed by atoms with Gasteiger partial charge in [0.25, 0.3) is 10.7 Å². The minimum Gasteiger partial charge on any atom is -0.467 e. The van der Waals surface area contributed by atoms with E-state index < -0.39 is 11.5 Å². The zero-order valence-electron chi connectivity index (χ0n) is 10.7. The number of nitrogens with one attached hydrogen (secondary N) is 2. The number of benzene rings is 1. The zero-order valence-corrected chi connectivity index (χ0v) is 11.5. The Morgan fingerprint density at radius 1 is 1.45 bits per heavy atom. The number of ether oxygens (including phenoxy) is 1. The van der Waals surface area contributed by atoms with Crippen LogP contribution in [-0.2, 0) is 9.53 Å². The topological polar surface area (TPSA) is 84.3 Å². The van der Waals surface area contributed by atoms with Gasteiger partial charge < -0.3 is 19.5 Å². The van der Waals surface area contributed by atoms with Gasteiger partial charge >= 0.3 is 5.97 Å². The highest BCUT2D eigenvalue weighted by atomic mass is 32.1. The highest BCUT2D eigenvalue weighted by Crippen LogP contribution is 2.36. The van der Waals surface area contributed by atoms with Crippen molar-refractivity contribution in [3.05, 3.63) is 28.6 Å². The molecule has 2 N–H and O–H groups in total. The van der Waals surface area contributed by atoms with E-state index in [1.54, 1.807) is 18.2 Å². The van der Waals surface area contributed by atoms with Gasteiger partial charge in [-0.1, -0.05) is 0 Å². The monoisotopic (exact) mass is 292 g/mol. The number of fused-ring (bicyclic) bond motifs is 1. The summed E-state index contributed by atoms with van der Waals surface area (Å²) in [6.45, 7) is 0. The van der Waals surface area contributed by atoms with E-state index in [1.807, 2.05) is 0 Å². The second-order valence-electron chi connectivity index (χ2n) is 4.75. The molecule has 0 radical (unpaired) electrons. The molecule has 0 bridgehead atoms. The summed E-state index contributed by atoms with van der Waals surface area (Å²) in [5.41, 5.74) is 0.774. The van der Waals surface area contributed by atoms with Gasteiger partial charge in [0.1, 0.15) is 5.54 Å². The van der Waals surface area contributed by atoms with Crippen LogP contribution in [0.5, 0.6) is 0 Å². The molecular formula is C13H12N2O4S. The van der Waals surface area contributed by atoms with E-state index in [4.69, 9.17) is 21.4 Å². The maximum atomic E-state index is 12.2. The third-order valence-electron chi connectivity index (χ3n) is 3.36. The van der Waals surface area contributed by atoms with Crippen molar-refractivity contribution in [1.82, 2.24) is 10.3 Å². The van der Waals surface area contributed by atoms with Crippen molar-refractivity contribution in [2.75, 3.05) is 7.11 Å². The Balaban J connectivity index is 1.85. The maximum absolute atomic E-state index is 12.2. The highest BCUT2D eigenvalue weighted by molar-refractivity contribution is 7.71. The van der Waals surface area contributed by atoms with Crippen LogP contribution in [0.25, 0.3) is 11.1 Å². The van der Waals surface area contributed by atoms with E-state index in [1.165, 1.54) is 7.11 Å². The van der Waals surface area contributed by atoms with Crippen LogP contribution in [-0.4, -0.2) is 29.5 Å². The molecule has 1 fully saturated rings. The van der Waals surface area contributed by atoms with Crippen LogP contribution in [0.2, 0.25) is 0 Å². The van der Waals surface area contributed by atoms with Crippen molar-refractivity contribution >= 4 is 35.2 Å². The van der Waals surface area contributed by atoms with Crippen molar-refractivity contribution < 1.29 is 18.7 Å². The first-order valence-electron chi connectivity index (χ1n) is 6.08. The van der Waals surface area contributed by atoms with Crippen LogP contribution in [0.15, 0.2) is 22.6 Å². The van der Waals surface area contributed by atoms with Crippen molar-refractivity contribution in [2.45, 2.75) is 18.4 Å². The van der Waals surface area contributed by atoms with E-state index in [-0.39, 0.29) is 10.7 Å². The molecule has 0 unspecified atom stereocenters. The summed E-state index contributed by atoms with van der Waals surface area (Å²) in [5.74, 6) is -0.747. The Morgan fingerprint density at radius 3 is 2.85 bits per heavy atom. The molecule has 1 saturated carbocycles. The lowest BCUT2D eigenvalue weighted by Gasteiger charge is -2.14. The first-order valence-corrected chi connectivity index (χ1v) is 6.49. The number of oxazole rings is 1. The van der Waals surface area contributed by atoms with Crippen molar-refractivity contribution in [3.8, 4) is 0 Å². The number of hydrogen-bond acceptors (Lipinski definition) is 5. The van der Waals surface area contributed by atoms with Crippen molar-refractivity contribution in [2.24, 2.45) is 0 Å². The van der Waals surface area contributed by atoms with E-state index >= 15 is 0 Å². The number of carbonyl (C=O) groups is 2.